The minimum atomic E-state index is -0.503. The van der Waals surface area contributed by atoms with Crippen LogP contribution in [0.3, 0.4) is 0 Å². The number of rotatable bonds is 2. The largest absolute Gasteiger partial charge is 0.384 e. The van der Waals surface area contributed by atoms with Gasteiger partial charge in [0, 0.05) is 5.92 Å². The molecule has 0 aromatic rings. The summed E-state index contributed by atoms with van der Waals surface area (Å²) >= 11 is 0. The molecule has 3 N–H and O–H groups in total. The Kier molecular flexibility index (Phi) is 2.75. The number of hydrogen-bond acceptors (Lipinski definition) is 1. The Bertz CT molecular complexity index is 189. The van der Waals surface area contributed by atoms with E-state index >= 15 is 0 Å². The maximum absolute atomic E-state index is 10.3. The summed E-state index contributed by atoms with van der Waals surface area (Å²) in [6.45, 7) is 8.70. The van der Waals surface area contributed by atoms with Crippen LogP contribution in [0.4, 0.5) is 0 Å². The number of likely N-dealkylation sites (N-methyl/N-ethyl adjacent to an activating group) is 1. The van der Waals surface area contributed by atoms with Gasteiger partial charge in [-0.3, -0.25) is 0 Å². The van der Waals surface area contributed by atoms with Crippen molar-refractivity contribution in [1.82, 2.24) is 0 Å². The van der Waals surface area contributed by atoms with Gasteiger partial charge in [0.2, 0.25) is 0 Å². The van der Waals surface area contributed by atoms with E-state index in [0.717, 1.165) is 12.8 Å². The van der Waals surface area contributed by atoms with Crippen molar-refractivity contribution >= 4 is 0 Å². The molecule has 2 heteroatoms. The normalized spacial score (nSPS) is 45.9. The van der Waals surface area contributed by atoms with Gasteiger partial charge in [0.25, 0.3) is 0 Å². The van der Waals surface area contributed by atoms with Crippen molar-refractivity contribution in [1.29, 1.82) is 0 Å². The van der Waals surface area contributed by atoms with Gasteiger partial charge in [0.05, 0.1) is 7.05 Å². The van der Waals surface area contributed by atoms with Crippen LogP contribution in [-0.2, 0) is 0 Å². The molecule has 3 atom stereocenters. The highest BCUT2D eigenvalue weighted by Gasteiger charge is 2.57. The van der Waals surface area contributed by atoms with Crippen LogP contribution in [0, 0.1) is 11.8 Å². The zero-order valence-corrected chi connectivity index (χ0v) is 9.59. The van der Waals surface area contributed by atoms with Crippen LogP contribution in [0.1, 0.15) is 40.5 Å². The van der Waals surface area contributed by atoms with Crippen molar-refractivity contribution < 1.29 is 10.4 Å². The molecule has 0 amide bonds. The van der Waals surface area contributed by atoms with Gasteiger partial charge in [0.1, 0.15) is 11.1 Å². The topological polar surface area (TPSA) is 36.8 Å². The number of nitrogens with two attached hydrogens (primary N) is 1. The third-order valence-corrected chi connectivity index (χ3v) is 4.28. The first-order chi connectivity index (χ1) is 5.85. The molecule has 0 heterocycles. The SMILES string of the molecule is C[NH2+][C@@]1(C)[C@H](C(C)C)CC[C@@]1(C)O. The smallest absolute Gasteiger partial charge is 0.125 e. The lowest BCUT2D eigenvalue weighted by atomic mass is 9.75. The van der Waals surface area contributed by atoms with E-state index in [2.05, 4.69) is 33.1 Å². The lowest BCUT2D eigenvalue weighted by Gasteiger charge is -2.38. The Morgan fingerprint density at radius 3 is 2.23 bits per heavy atom. The molecule has 1 rings (SSSR count). The fourth-order valence-corrected chi connectivity index (χ4v) is 2.96. The first-order valence-electron chi connectivity index (χ1n) is 5.38. The molecule has 1 aliphatic rings. The van der Waals surface area contributed by atoms with Crippen molar-refractivity contribution in [3.05, 3.63) is 0 Å². The molecule has 1 fully saturated rings. The molecule has 2 nitrogen and oxygen atoms in total. The molecule has 13 heavy (non-hydrogen) atoms. The molecular weight excluding hydrogens is 162 g/mol. The average Bonchev–Trinajstić information content (AvgIpc) is 2.25. The summed E-state index contributed by atoms with van der Waals surface area (Å²) in [6, 6.07) is 0. The lowest BCUT2D eigenvalue weighted by molar-refractivity contribution is -0.721. The second-order valence-corrected chi connectivity index (χ2v) is 5.23. The summed E-state index contributed by atoms with van der Waals surface area (Å²) in [5, 5.41) is 12.5. The van der Waals surface area contributed by atoms with Crippen molar-refractivity contribution in [3.63, 3.8) is 0 Å². The summed E-state index contributed by atoms with van der Waals surface area (Å²) in [6.07, 6.45) is 2.10. The quantitative estimate of drug-likeness (QED) is 0.656. The predicted molar refractivity (Wildman–Crippen MR) is 54.4 cm³/mol. The van der Waals surface area contributed by atoms with Gasteiger partial charge in [-0.25, -0.2) is 0 Å². The van der Waals surface area contributed by atoms with Crippen molar-refractivity contribution in [2.24, 2.45) is 11.8 Å². The van der Waals surface area contributed by atoms with E-state index in [1.54, 1.807) is 0 Å². The lowest BCUT2D eigenvalue weighted by Crippen LogP contribution is -2.98. The summed E-state index contributed by atoms with van der Waals surface area (Å²) in [5.74, 6) is 1.29. The minimum Gasteiger partial charge on any atom is -0.384 e. The van der Waals surface area contributed by atoms with Crippen LogP contribution < -0.4 is 5.32 Å². The summed E-state index contributed by atoms with van der Waals surface area (Å²) in [7, 11) is 2.08. The monoisotopic (exact) mass is 186 g/mol. The van der Waals surface area contributed by atoms with Gasteiger partial charge in [-0.2, -0.15) is 0 Å². The van der Waals surface area contributed by atoms with Crippen LogP contribution in [0.15, 0.2) is 0 Å². The van der Waals surface area contributed by atoms with E-state index in [0.29, 0.717) is 11.8 Å². The Labute approximate surface area is 81.7 Å². The summed E-state index contributed by atoms with van der Waals surface area (Å²) in [4.78, 5) is 0. The fourth-order valence-electron chi connectivity index (χ4n) is 2.96. The Morgan fingerprint density at radius 1 is 1.38 bits per heavy atom. The number of aliphatic hydroxyl groups is 1. The highest BCUT2D eigenvalue weighted by Crippen LogP contribution is 2.44. The van der Waals surface area contributed by atoms with Gasteiger partial charge >= 0.3 is 0 Å². The van der Waals surface area contributed by atoms with E-state index in [4.69, 9.17) is 0 Å². The molecule has 0 unspecified atom stereocenters. The van der Waals surface area contributed by atoms with Crippen molar-refractivity contribution in [3.8, 4) is 0 Å². The highest BCUT2D eigenvalue weighted by molar-refractivity contribution is 5.04. The van der Waals surface area contributed by atoms with Gasteiger partial charge in [-0.1, -0.05) is 13.8 Å². The van der Waals surface area contributed by atoms with E-state index in [1.165, 1.54) is 0 Å². The molecule has 0 aliphatic heterocycles. The molecule has 0 spiro atoms. The summed E-state index contributed by atoms with van der Waals surface area (Å²) in [5.41, 5.74) is -0.502. The van der Waals surface area contributed by atoms with Crippen LogP contribution in [0.25, 0.3) is 0 Å². The van der Waals surface area contributed by atoms with Crippen LogP contribution in [-0.4, -0.2) is 23.3 Å². The maximum atomic E-state index is 10.3. The number of hydrogen-bond donors (Lipinski definition) is 2. The van der Waals surface area contributed by atoms with Crippen molar-refractivity contribution in [2.45, 2.75) is 51.7 Å². The first kappa shape index (κ1) is 11.0. The molecule has 1 aliphatic carbocycles. The maximum Gasteiger partial charge on any atom is 0.125 e. The molecule has 0 saturated heterocycles. The van der Waals surface area contributed by atoms with Gasteiger partial charge in [-0.15, -0.1) is 0 Å². The van der Waals surface area contributed by atoms with Crippen molar-refractivity contribution in [2.75, 3.05) is 7.05 Å². The summed E-state index contributed by atoms with van der Waals surface area (Å²) < 4.78 is 0. The Morgan fingerprint density at radius 2 is 1.92 bits per heavy atom. The molecule has 1 saturated carbocycles. The second kappa shape index (κ2) is 3.25. The van der Waals surface area contributed by atoms with Crippen LogP contribution in [0.5, 0.6) is 0 Å². The van der Waals surface area contributed by atoms with E-state index in [-0.39, 0.29) is 5.54 Å². The third kappa shape index (κ3) is 1.50. The zero-order chi connectivity index (χ0) is 10.3. The van der Waals surface area contributed by atoms with E-state index in [9.17, 15) is 5.11 Å². The minimum absolute atomic E-state index is 0.00116. The first-order valence-corrected chi connectivity index (χ1v) is 5.38. The Balaban J connectivity index is 2.93. The molecule has 0 aromatic heterocycles. The Hall–Kier alpha value is -0.0800. The van der Waals surface area contributed by atoms with Crippen LogP contribution >= 0.6 is 0 Å². The van der Waals surface area contributed by atoms with E-state index < -0.39 is 5.60 Å². The third-order valence-electron chi connectivity index (χ3n) is 4.28. The van der Waals surface area contributed by atoms with Gasteiger partial charge < -0.3 is 10.4 Å². The fraction of sp³-hybridized carbons (Fsp3) is 1.00. The van der Waals surface area contributed by atoms with E-state index in [1.807, 2.05) is 6.92 Å². The molecule has 0 bridgehead atoms. The van der Waals surface area contributed by atoms with Gasteiger partial charge in [0.15, 0.2) is 0 Å². The molecular formula is C11H24NO+. The standard InChI is InChI=1S/C11H23NO/c1-8(2)9-6-7-10(3,13)11(9,4)12-5/h8-9,12-13H,6-7H2,1-5H3/p+1/t9-,10+,11-/m0/s1. The molecule has 0 aromatic carbocycles. The molecule has 78 valence electrons. The molecule has 0 radical (unpaired) electrons. The highest BCUT2D eigenvalue weighted by atomic mass is 16.3. The average molecular weight is 186 g/mol. The predicted octanol–water partition coefficient (Wildman–Crippen LogP) is 0.755. The number of quaternary nitrogens is 1. The second-order valence-electron chi connectivity index (χ2n) is 5.23. The van der Waals surface area contributed by atoms with Crippen LogP contribution in [0.2, 0.25) is 0 Å². The zero-order valence-electron chi connectivity index (χ0n) is 9.59. The van der Waals surface area contributed by atoms with Gasteiger partial charge in [-0.05, 0) is 32.6 Å².